The Hall–Kier alpha value is -4.24. The molecule has 3 heterocycles. The number of benzene rings is 5. The molecule has 5 heteroatoms. The molecule has 0 amide bonds. The van der Waals surface area contributed by atoms with Crippen molar-refractivity contribution in [3.8, 4) is 16.9 Å². The average molecular weight is 891 g/mol. The summed E-state index contributed by atoms with van der Waals surface area (Å²) in [6.07, 6.45) is 1.92. The molecule has 53 heavy (non-hydrogen) atoms. The van der Waals surface area contributed by atoms with Crippen molar-refractivity contribution in [2.75, 3.05) is 5.75 Å². The van der Waals surface area contributed by atoms with E-state index in [0.29, 0.717) is 0 Å². The summed E-state index contributed by atoms with van der Waals surface area (Å²) in [6.45, 7) is 15.8. The fourth-order valence-corrected chi connectivity index (χ4v) is 8.46. The SMILES string of the molecule is Cc1ccc2c(c1)c1ccc(-c3cc(C(C)(C)C)ccn3)[c-]c1n2-c1[c-]c(C2=N[C@H](C(c3ccccc3)c3ccccc3)CS2)cc(C(C)(C)C)c1.[Pt+2]. The number of aliphatic imine (C=N–C) groups is 1. The minimum absolute atomic E-state index is 0. The second-order valence-corrected chi connectivity index (χ2v) is 17.2. The molecule has 7 aromatic rings. The Labute approximate surface area is 333 Å². The summed E-state index contributed by atoms with van der Waals surface area (Å²) in [5, 5.41) is 3.44. The zero-order chi connectivity index (χ0) is 36.2. The van der Waals surface area contributed by atoms with Gasteiger partial charge in [0.2, 0.25) is 0 Å². The summed E-state index contributed by atoms with van der Waals surface area (Å²) in [5.74, 6) is 1.09. The van der Waals surface area contributed by atoms with Crippen LogP contribution in [0.4, 0.5) is 0 Å². The Morgan fingerprint density at radius 1 is 0.698 bits per heavy atom. The summed E-state index contributed by atoms with van der Waals surface area (Å²) in [4.78, 5) is 10.3. The molecule has 0 aliphatic carbocycles. The molecule has 0 spiro atoms. The minimum atomic E-state index is -0.0834. The number of hydrogen-bond donors (Lipinski definition) is 0. The van der Waals surface area contributed by atoms with Gasteiger partial charge in [-0.25, -0.2) is 0 Å². The molecule has 0 unspecified atom stereocenters. The van der Waals surface area contributed by atoms with Crippen molar-refractivity contribution >= 4 is 38.6 Å². The van der Waals surface area contributed by atoms with E-state index in [1.54, 1.807) is 0 Å². The van der Waals surface area contributed by atoms with Crippen LogP contribution in [0.5, 0.6) is 0 Å². The molecular formula is C48H45N3PtS. The largest absolute Gasteiger partial charge is 2.00 e. The van der Waals surface area contributed by atoms with Gasteiger partial charge in [0.15, 0.2) is 0 Å². The molecule has 0 fully saturated rings. The topological polar surface area (TPSA) is 30.2 Å². The molecule has 1 atom stereocenters. The third-order valence-corrected chi connectivity index (χ3v) is 11.4. The number of rotatable bonds is 6. The van der Waals surface area contributed by atoms with Gasteiger partial charge in [0.05, 0.1) is 6.04 Å². The molecule has 1 aliphatic heterocycles. The minimum Gasteiger partial charge on any atom is -0.346 e. The molecule has 0 bridgehead atoms. The van der Waals surface area contributed by atoms with Gasteiger partial charge in [-0.05, 0) is 68.9 Å². The Morgan fingerprint density at radius 2 is 1.38 bits per heavy atom. The van der Waals surface area contributed by atoms with Crippen molar-refractivity contribution < 1.29 is 21.1 Å². The van der Waals surface area contributed by atoms with Gasteiger partial charge in [-0.2, -0.15) is 11.8 Å². The van der Waals surface area contributed by atoms with Gasteiger partial charge < -0.3 is 14.5 Å². The van der Waals surface area contributed by atoms with E-state index < -0.39 is 0 Å². The van der Waals surface area contributed by atoms with Crippen molar-refractivity contribution in [3.63, 3.8) is 0 Å². The molecule has 5 aromatic carbocycles. The van der Waals surface area contributed by atoms with Gasteiger partial charge >= 0.3 is 21.1 Å². The van der Waals surface area contributed by atoms with E-state index >= 15 is 0 Å². The van der Waals surface area contributed by atoms with Crippen LogP contribution in [0, 0.1) is 19.1 Å². The van der Waals surface area contributed by atoms with Crippen LogP contribution in [0.15, 0.2) is 126 Å². The van der Waals surface area contributed by atoms with Gasteiger partial charge in [-0.1, -0.05) is 131 Å². The molecule has 0 saturated heterocycles. The number of aryl methyl sites for hydroxylation is 1. The van der Waals surface area contributed by atoms with Crippen LogP contribution in [0.3, 0.4) is 0 Å². The summed E-state index contributed by atoms with van der Waals surface area (Å²) in [5.41, 5.74) is 12.4. The van der Waals surface area contributed by atoms with Crippen LogP contribution >= 0.6 is 11.8 Å². The van der Waals surface area contributed by atoms with E-state index in [2.05, 4.69) is 180 Å². The third-order valence-electron chi connectivity index (χ3n) is 10.3. The molecular weight excluding hydrogens is 846 g/mol. The Bertz CT molecular complexity index is 2410. The predicted molar refractivity (Wildman–Crippen MR) is 221 cm³/mol. The number of fused-ring (bicyclic) bond motifs is 3. The second-order valence-electron chi connectivity index (χ2n) is 16.2. The first-order valence-electron chi connectivity index (χ1n) is 18.3. The Morgan fingerprint density at radius 3 is 2.04 bits per heavy atom. The van der Waals surface area contributed by atoms with Crippen LogP contribution in [-0.4, -0.2) is 26.4 Å². The van der Waals surface area contributed by atoms with Crippen LogP contribution in [0.1, 0.15) is 80.8 Å². The number of thioether (sulfide) groups is 1. The predicted octanol–water partition coefficient (Wildman–Crippen LogP) is 12.0. The number of nitrogens with zero attached hydrogens (tertiary/aromatic N) is 3. The summed E-state index contributed by atoms with van der Waals surface area (Å²) in [7, 11) is 0. The first kappa shape index (κ1) is 37.1. The van der Waals surface area contributed by atoms with Crippen LogP contribution in [0.25, 0.3) is 38.8 Å². The van der Waals surface area contributed by atoms with E-state index in [1.165, 1.54) is 38.6 Å². The first-order valence-corrected chi connectivity index (χ1v) is 19.3. The molecule has 0 radical (unpaired) electrons. The van der Waals surface area contributed by atoms with Crippen molar-refractivity contribution in [1.29, 1.82) is 0 Å². The Kier molecular flexibility index (Phi) is 10.2. The van der Waals surface area contributed by atoms with E-state index in [4.69, 9.17) is 9.98 Å². The van der Waals surface area contributed by atoms with Gasteiger partial charge in [0.25, 0.3) is 0 Å². The van der Waals surface area contributed by atoms with E-state index in [0.717, 1.165) is 44.3 Å². The van der Waals surface area contributed by atoms with Crippen LogP contribution in [-0.2, 0) is 31.9 Å². The van der Waals surface area contributed by atoms with Gasteiger partial charge in [0.1, 0.15) is 0 Å². The molecule has 268 valence electrons. The van der Waals surface area contributed by atoms with Crippen LogP contribution < -0.4 is 0 Å². The first-order chi connectivity index (χ1) is 24.9. The molecule has 0 N–H and O–H groups in total. The van der Waals surface area contributed by atoms with Crippen LogP contribution in [0.2, 0.25) is 0 Å². The molecule has 3 nitrogen and oxygen atoms in total. The standard InChI is InChI=1S/C48H45N3S.Pt/c1-31-18-21-43-40(24-31)39-20-19-34(41-29-36(22-23-49-41)47(2,3)4)27-44(39)51(43)38-26-35(25-37(28-38)48(5,6)7)46-50-42(30-52-46)45(32-14-10-8-11-15-32)33-16-12-9-13-17-33;/h8-25,28-29,42,45H,30H2,1-7H3;/q-2;+2/t42-;/m0./s1. The zero-order valence-electron chi connectivity index (χ0n) is 31.5. The smallest absolute Gasteiger partial charge is 0.346 e. The average Bonchev–Trinajstić information content (AvgIpc) is 3.74. The molecule has 8 rings (SSSR count). The molecule has 0 saturated carbocycles. The second kappa shape index (κ2) is 14.5. The summed E-state index contributed by atoms with van der Waals surface area (Å²) >= 11 is 1.85. The van der Waals surface area contributed by atoms with Crippen molar-refractivity contribution in [2.45, 2.75) is 71.3 Å². The fourth-order valence-electron chi connectivity index (χ4n) is 7.39. The molecule has 2 aromatic heterocycles. The molecule has 1 aliphatic rings. The van der Waals surface area contributed by atoms with Crippen molar-refractivity contribution in [1.82, 2.24) is 9.55 Å². The number of aromatic nitrogens is 2. The monoisotopic (exact) mass is 890 g/mol. The maximum absolute atomic E-state index is 5.50. The van der Waals surface area contributed by atoms with E-state index in [-0.39, 0.29) is 43.9 Å². The number of hydrogen-bond acceptors (Lipinski definition) is 3. The Balaban J connectivity index is 0.00000435. The maximum Gasteiger partial charge on any atom is 2.00 e. The summed E-state index contributed by atoms with van der Waals surface area (Å²) in [6, 6.07) is 49.7. The van der Waals surface area contributed by atoms with E-state index in [1.807, 2.05) is 18.0 Å². The third kappa shape index (κ3) is 7.34. The van der Waals surface area contributed by atoms with E-state index in [9.17, 15) is 0 Å². The summed E-state index contributed by atoms with van der Waals surface area (Å²) < 4.78 is 2.36. The van der Waals surface area contributed by atoms with Crippen molar-refractivity contribution in [2.24, 2.45) is 4.99 Å². The van der Waals surface area contributed by atoms with Gasteiger partial charge in [-0.3, -0.25) is 0 Å². The normalized spacial score (nSPS) is 14.9. The zero-order valence-corrected chi connectivity index (χ0v) is 34.6. The van der Waals surface area contributed by atoms with Gasteiger partial charge in [0, 0.05) is 28.4 Å². The fraction of sp³-hybridized carbons (Fsp3) is 0.250. The van der Waals surface area contributed by atoms with Crippen molar-refractivity contribution in [3.05, 3.63) is 167 Å². The number of pyridine rings is 1. The maximum atomic E-state index is 5.50. The van der Waals surface area contributed by atoms with Gasteiger partial charge in [-0.15, -0.1) is 53.1 Å². The quantitative estimate of drug-likeness (QED) is 0.156.